The zero-order chi connectivity index (χ0) is 17.1. The summed E-state index contributed by atoms with van der Waals surface area (Å²) in [5.74, 6) is 3.53. The molecule has 5 nitrogen and oxygen atoms in total. The molecular weight excluding hydrogens is 427 g/mol. The zero-order valence-corrected chi connectivity index (χ0v) is 18.4. The molecule has 3 aliphatic rings. The van der Waals surface area contributed by atoms with E-state index in [0.717, 1.165) is 30.9 Å². The van der Waals surface area contributed by atoms with Crippen LogP contribution < -0.4 is 5.32 Å². The molecule has 3 rings (SSSR count). The Kier molecular flexibility index (Phi) is 7.83. The van der Waals surface area contributed by atoms with Crippen molar-refractivity contribution in [2.75, 3.05) is 33.7 Å². The summed E-state index contributed by atoms with van der Waals surface area (Å²) in [6.45, 7) is 4.80. The number of halogens is 1. The van der Waals surface area contributed by atoms with Gasteiger partial charge in [0.1, 0.15) is 6.54 Å². The number of rotatable bonds is 4. The van der Waals surface area contributed by atoms with Gasteiger partial charge in [0, 0.05) is 33.2 Å². The number of nitrogens with zero attached hydrogens (tertiary/aromatic N) is 3. The lowest BCUT2D eigenvalue weighted by molar-refractivity contribution is -0.127. The number of likely N-dealkylation sites (N-methyl/N-ethyl adjacent to an activating group) is 1. The van der Waals surface area contributed by atoms with Crippen LogP contribution in [-0.2, 0) is 4.79 Å². The van der Waals surface area contributed by atoms with Crippen LogP contribution in [0.5, 0.6) is 0 Å². The van der Waals surface area contributed by atoms with E-state index in [2.05, 4.69) is 17.1 Å². The molecule has 1 amide bonds. The number of carbonyl (C=O) groups excluding carboxylic acids is 1. The van der Waals surface area contributed by atoms with Gasteiger partial charge in [0.2, 0.25) is 5.91 Å². The molecule has 3 atom stereocenters. The minimum absolute atomic E-state index is 0. The number of hydrogen-bond donors (Lipinski definition) is 1. The smallest absolute Gasteiger partial charge is 0.243 e. The Labute approximate surface area is 170 Å². The van der Waals surface area contributed by atoms with E-state index in [1.165, 1.54) is 44.9 Å². The monoisotopic (exact) mass is 462 g/mol. The highest BCUT2D eigenvalue weighted by molar-refractivity contribution is 14.0. The minimum atomic E-state index is 0. The van der Waals surface area contributed by atoms with Gasteiger partial charge in [-0.25, -0.2) is 4.99 Å². The maximum absolute atomic E-state index is 12.0. The molecule has 0 bridgehead atoms. The van der Waals surface area contributed by atoms with E-state index >= 15 is 0 Å². The topological polar surface area (TPSA) is 47.9 Å². The summed E-state index contributed by atoms with van der Waals surface area (Å²) < 4.78 is 0. The van der Waals surface area contributed by atoms with Crippen molar-refractivity contribution >= 4 is 35.8 Å². The summed E-state index contributed by atoms with van der Waals surface area (Å²) in [5, 5.41) is 3.73. The van der Waals surface area contributed by atoms with Crippen LogP contribution in [0.3, 0.4) is 0 Å². The third-order valence-electron chi connectivity index (χ3n) is 6.10. The van der Waals surface area contributed by atoms with E-state index in [1.54, 1.807) is 19.0 Å². The minimum Gasteiger partial charge on any atom is -0.353 e. The van der Waals surface area contributed by atoms with Gasteiger partial charge in [-0.2, -0.15) is 0 Å². The fourth-order valence-corrected chi connectivity index (χ4v) is 4.15. The van der Waals surface area contributed by atoms with Crippen molar-refractivity contribution in [1.82, 2.24) is 15.1 Å². The summed E-state index contributed by atoms with van der Waals surface area (Å²) in [6.07, 6.45) is 9.28. The van der Waals surface area contributed by atoms with Gasteiger partial charge in [0.05, 0.1) is 0 Å². The van der Waals surface area contributed by atoms with E-state index in [4.69, 9.17) is 4.99 Å². The molecule has 1 N–H and O–H groups in total. The number of carbonyl (C=O) groups is 1. The summed E-state index contributed by atoms with van der Waals surface area (Å²) in [5.41, 5.74) is 0. The highest BCUT2D eigenvalue weighted by Gasteiger charge is 2.37. The van der Waals surface area contributed by atoms with Crippen molar-refractivity contribution in [1.29, 1.82) is 0 Å². The first-order valence-electron chi connectivity index (χ1n) is 9.80. The van der Waals surface area contributed by atoms with Crippen LogP contribution in [0.2, 0.25) is 0 Å². The van der Waals surface area contributed by atoms with E-state index < -0.39 is 0 Å². The second-order valence-corrected chi connectivity index (χ2v) is 8.27. The largest absolute Gasteiger partial charge is 0.353 e. The van der Waals surface area contributed by atoms with Crippen molar-refractivity contribution in [3.8, 4) is 0 Å². The fraction of sp³-hybridized carbons (Fsp3) is 0.895. The molecule has 3 unspecified atom stereocenters. The third-order valence-corrected chi connectivity index (χ3v) is 6.10. The number of likely N-dealkylation sites (tertiary alicyclic amines) is 1. The maximum atomic E-state index is 12.0. The van der Waals surface area contributed by atoms with Gasteiger partial charge in [0.15, 0.2) is 5.96 Å². The van der Waals surface area contributed by atoms with Crippen molar-refractivity contribution in [3.63, 3.8) is 0 Å². The zero-order valence-electron chi connectivity index (χ0n) is 16.0. The standard InChI is InChI=1S/C19H34N4O.HI/c1-14-6-4-5-7-17(14)21-19(20-12-18(24)22(2)3)23-11-10-16(13-23)15-8-9-15;/h14-17H,4-13H2,1-3H3,(H,20,21);1H. The average Bonchev–Trinajstić information content (AvgIpc) is 3.30. The Hall–Kier alpha value is -0.530. The molecule has 2 saturated carbocycles. The highest BCUT2D eigenvalue weighted by atomic mass is 127. The molecule has 0 aromatic heterocycles. The molecular formula is C19H35IN4O. The Morgan fingerprint density at radius 3 is 2.48 bits per heavy atom. The molecule has 6 heteroatoms. The molecule has 3 fully saturated rings. The first-order valence-corrected chi connectivity index (χ1v) is 9.80. The molecule has 1 heterocycles. The quantitative estimate of drug-likeness (QED) is 0.397. The first-order chi connectivity index (χ1) is 11.5. The van der Waals surface area contributed by atoms with Gasteiger partial charge < -0.3 is 15.1 Å². The van der Waals surface area contributed by atoms with Crippen molar-refractivity contribution in [2.24, 2.45) is 22.7 Å². The molecule has 1 saturated heterocycles. The van der Waals surface area contributed by atoms with Crippen LogP contribution in [0.25, 0.3) is 0 Å². The Morgan fingerprint density at radius 1 is 1.12 bits per heavy atom. The summed E-state index contributed by atoms with van der Waals surface area (Å²) in [7, 11) is 3.60. The highest BCUT2D eigenvalue weighted by Crippen LogP contribution is 2.41. The van der Waals surface area contributed by atoms with Crippen molar-refractivity contribution < 1.29 is 4.79 Å². The van der Waals surface area contributed by atoms with Gasteiger partial charge >= 0.3 is 0 Å². The maximum Gasteiger partial charge on any atom is 0.243 e. The van der Waals surface area contributed by atoms with E-state index in [0.29, 0.717) is 12.0 Å². The van der Waals surface area contributed by atoms with Crippen LogP contribution >= 0.6 is 24.0 Å². The Bertz CT molecular complexity index is 478. The molecule has 0 aromatic rings. The number of amides is 1. The van der Waals surface area contributed by atoms with Gasteiger partial charge in [-0.3, -0.25) is 4.79 Å². The third kappa shape index (κ3) is 5.73. The predicted molar refractivity (Wildman–Crippen MR) is 113 cm³/mol. The lowest BCUT2D eigenvalue weighted by atomic mass is 9.86. The molecule has 25 heavy (non-hydrogen) atoms. The number of guanidine groups is 1. The predicted octanol–water partition coefficient (Wildman–Crippen LogP) is 2.95. The molecule has 0 aromatic carbocycles. The Balaban J connectivity index is 0.00000225. The molecule has 1 aliphatic heterocycles. The molecule has 0 spiro atoms. The van der Waals surface area contributed by atoms with E-state index in [-0.39, 0.29) is 36.4 Å². The Morgan fingerprint density at radius 2 is 1.84 bits per heavy atom. The summed E-state index contributed by atoms with van der Waals surface area (Å²) in [4.78, 5) is 20.7. The fourth-order valence-electron chi connectivity index (χ4n) is 4.15. The molecule has 144 valence electrons. The van der Waals surface area contributed by atoms with Gasteiger partial charge in [-0.15, -0.1) is 24.0 Å². The van der Waals surface area contributed by atoms with Gasteiger partial charge in [-0.1, -0.05) is 19.8 Å². The van der Waals surface area contributed by atoms with E-state index in [1.807, 2.05) is 0 Å². The second kappa shape index (κ2) is 9.42. The second-order valence-electron chi connectivity index (χ2n) is 8.27. The SMILES string of the molecule is CC1CCCCC1NC(=NCC(=O)N(C)C)N1CCC(C2CC2)C1.I. The van der Waals surface area contributed by atoms with Crippen molar-refractivity contribution in [3.05, 3.63) is 0 Å². The van der Waals surface area contributed by atoms with Crippen LogP contribution in [0.1, 0.15) is 51.9 Å². The van der Waals surface area contributed by atoms with Gasteiger partial charge in [-0.05, 0) is 49.9 Å². The average molecular weight is 462 g/mol. The number of hydrogen-bond acceptors (Lipinski definition) is 2. The van der Waals surface area contributed by atoms with Crippen LogP contribution in [0.4, 0.5) is 0 Å². The van der Waals surface area contributed by atoms with Crippen LogP contribution in [0, 0.1) is 17.8 Å². The molecule has 2 aliphatic carbocycles. The summed E-state index contributed by atoms with van der Waals surface area (Å²) >= 11 is 0. The molecule has 0 radical (unpaired) electrons. The lowest BCUT2D eigenvalue weighted by Crippen LogP contribution is -2.48. The van der Waals surface area contributed by atoms with Crippen molar-refractivity contribution in [2.45, 2.75) is 57.9 Å². The number of aliphatic imine (C=N–C) groups is 1. The van der Waals surface area contributed by atoms with E-state index in [9.17, 15) is 4.79 Å². The lowest BCUT2D eigenvalue weighted by Gasteiger charge is -2.33. The summed E-state index contributed by atoms with van der Waals surface area (Å²) in [6, 6.07) is 0.506. The number of nitrogens with one attached hydrogen (secondary N) is 1. The first kappa shape index (κ1) is 20.8. The van der Waals surface area contributed by atoms with Gasteiger partial charge in [0.25, 0.3) is 0 Å². The van der Waals surface area contributed by atoms with Crippen LogP contribution in [-0.4, -0.2) is 61.4 Å². The van der Waals surface area contributed by atoms with Crippen LogP contribution in [0.15, 0.2) is 4.99 Å². The normalized spacial score (nSPS) is 30.0.